The van der Waals surface area contributed by atoms with E-state index in [2.05, 4.69) is 9.97 Å². The fraction of sp³-hybridized carbons (Fsp3) is 0.269. The highest BCUT2D eigenvalue weighted by Gasteiger charge is 2.21. The summed E-state index contributed by atoms with van der Waals surface area (Å²) in [4.78, 5) is 24.4. The highest BCUT2D eigenvalue weighted by Crippen LogP contribution is 2.29. The van der Waals surface area contributed by atoms with Gasteiger partial charge in [0.25, 0.3) is 5.91 Å². The van der Waals surface area contributed by atoms with Gasteiger partial charge in [0.05, 0.1) is 34.4 Å². The van der Waals surface area contributed by atoms with Crippen molar-refractivity contribution < 1.29 is 18.1 Å². The molecule has 0 N–H and O–H groups in total. The Morgan fingerprint density at radius 3 is 2.54 bits per heavy atom. The van der Waals surface area contributed by atoms with Gasteiger partial charge < -0.3 is 9.64 Å². The number of ether oxygens (including phenoxy) is 1. The lowest BCUT2D eigenvalue weighted by molar-refractivity contribution is 0.0303. The highest BCUT2D eigenvalue weighted by atomic mass is 32.2. The Morgan fingerprint density at radius 1 is 1.11 bits per heavy atom. The van der Waals surface area contributed by atoms with E-state index in [1.165, 1.54) is 6.07 Å². The number of hydrogen-bond donors (Lipinski definition) is 0. The molecule has 35 heavy (non-hydrogen) atoms. The van der Waals surface area contributed by atoms with E-state index < -0.39 is 10.8 Å². The molecule has 9 heteroatoms. The van der Waals surface area contributed by atoms with Gasteiger partial charge in [-0.05, 0) is 36.2 Å². The van der Waals surface area contributed by atoms with E-state index in [0.29, 0.717) is 59.4 Å². The first-order valence-corrected chi connectivity index (χ1v) is 13.0. The van der Waals surface area contributed by atoms with Crippen molar-refractivity contribution >= 4 is 27.6 Å². The van der Waals surface area contributed by atoms with Crippen molar-refractivity contribution in [3.05, 3.63) is 71.9 Å². The fourth-order valence-corrected chi connectivity index (χ4v) is 5.01. The zero-order valence-corrected chi connectivity index (χ0v) is 20.3. The summed E-state index contributed by atoms with van der Waals surface area (Å²) in [7, 11) is -1.26. The summed E-state index contributed by atoms with van der Waals surface area (Å²) in [6.07, 6.45) is 7.30. The average molecular weight is 493 g/mol. The lowest BCUT2D eigenvalue weighted by Gasteiger charge is -2.26. The van der Waals surface area contributed by atoms with Gasteiger partial charge in [0.2, 0.25) is 5.95 Å². The zero-order chi connectivity index (χ0) is 24.5. The second-order valence-electron chi connectivity index (χ2n) is 8.39. The minimum Gasteiger partial charge on any atom is -0.378 e. The Morgan fingerprint density at radius 2 is 1.86 bits per heavy atom. The van der Waals surface area contributed by atoms with Crippen LogP contribution in [-0.2, 0) is 22.0 Å². The van der Waals surface area contributed by atoms with Crippen LogP contribution in [0.4, 0.5) is 4.39 Å². The van der Waals surface area contributed by atoms with Crippen LogP contribution < -0.4 is 0 Å². The number of carbonyl (C=O) groups excluding carboxylic acids is 1. The fourth-order valence-electron chi connectivity index (χ4n) is 4.27. The Kier molecular flexibility index (Phi) is 6.44. The number of hydrogen-bond acceptors (Lipinski definition) is 5. The molecule has 7 nitrogen and oxygen atoms in total. The maximum Gasteiger partial charge on any atom is 0.254 e. The summed E-state index contributed by atoms with van der Waals surface area (Å²) < 4.78 is 34.0. The summed E-state index contributed by atoms with van der Waals surface area (Å²) in [5.74, 6) is -0.0666. The number of aromatic nitrogens is 3. The molecule has 1 unspecified atom stereocenters. The minimum atomic E-state index is -1.26. The molecule has 0 spiro atoms. The van der Waals surface area contributed by atoms with Gasteiger partial charge in [0.1, 0.15) is 5.82 Å². The number of fused-ring (bicyclic) bond motifs is 1. The van der Waals surface area contributed by atoms with Gasteiger partial charge in [-0.15, -0.1) is 0 Å². The molecule has 1 fully saturated rings. The van der Waals surface area contributed by atoms with E-state index in [1.54, 1.807) is 58.6 Å². The predicted molar refractivity (Wildman–Crippen MR) is 133 cm³/mol. The molecule has 0 radical (unpaired) electrons. The summed E-state index contributed by atoms with van der Waals surface area (Å²) in [5, 5.41) is 0.763. The average Bonchev–Trinajstić information content (AvgIpc) is 3.28. The van der Waals surface area contributed by atoms with Gasteiger partial charge in [-0.1, -0.05) is 19.1 Å². The van der Waals surface area contributed by atoms with Crippen molar-refractivity contribution in [1.82, 2.24) is 19.4 Å². The lowest BCUT2D eigenvalue weighted by atomic mass is 10.0. The third-order valence-electron chi connectivity index (χ3n) is 6.23. The topological polar surface area (TPSA) is 77.3 Å². The molecule has 0 aliphatic carbocycles. The summed E-state index contributed by atoms with van der Waals surface area (Å²) in [6, 6.07) is 10.4. The maximum atomic E-state index is 14.5. The highest BCUT2D eigenvalue weighted by molar-refractivity contribution is 7.84. The molecule has 0 saturated carbocycles. The van der Waals surface area contributed by atoms with Gasteiger partial charge in [-0.2, -0.15) is 0 Å². The molecule has 180 valence electrons. The van der Waals surface area contributed by atoms with E-state index in [0.717, 1.165) is 17.4 Å². The van der Waals surface area contributed by atoms with Crippen LogP contribution in [-0.4, -0.2) is 62.1 Å². The third-order valence-corrected chi connectivity index (χ3v) is 7.17. The summed E-state index contributed by atoms with van der Waals surface area (Å²) in [5.41, 5.74) is 3.25. The molecule has 1 amide bonds. The largest absolute Gasteiger partial charge is 0.378 e. The van der Waals surface area contributed by atoms with Crippen molar-refractivity contribution in [2.75, 3.05) is 32.6 Å². The van der Waals surface area contributed by atoms with Crippen molar-refractivity contribution in [2.24, 2.45) is 0 Å². The lowest BCUT2D eigenvalue weighted by Crippen LogP contribution is -2.40. The second kappa shape index (κ2) is 9.67. The van der Waals surface area contributed by atoms with E-state index >= 15 is 0 Å². The predicted octanol–water partition coefficient (Wildman–Crippen LogP) is 4.00. The van der Waals surface area contributed by atoms with Crippen molar-refractivity contribution in [3.63, 3.8) is 0 Å². The molecule has 2 aromatic carbocycles. The number of morpholine rings is 1. The van der Waals surface area contributed by atoms with E-state index in [4.69, 9.17) is 4.74 Å². The SMILES string of the molecule is CCc1ccc(F)c(-c2cnc(-n3cc(S(C)=O)c4ccc(C(=O)N5CCOCC5)cc43)nc2)c1. The van der Waals surface area contributed by atoms with Gasteiger partial charge in [0, 0.05) is 60.0 Å². The first-order chi connectivity index (χ1) is 17.0. The van der Waals surface area contributed by atoms with Crippen molar-refractivity contribution in [1.29, 1.82) is 0 Å². The molecular weight excluding hydrogens is 467 g/mol. The Labute approximate surface area is 205 Å². The molecule has 5 rings (SSSR count). The molecule has 2 aromatic heterocycles. The van der Waals surface area contributed by atoms with Gasteiger partial charge in [0.15, 0.2) is 0 Å². The van der Waals surface area contributed by atoms with Crippen LogP contribution in [0.3, 0.4) is 0 Å². The molecule has 1 saturated heterocycles. The van der Waals surface area contributed by atoms with E-state index in [-0.39, 0.29) is 11.7 Å². The smallest absolute Gasteiger partial charge is 0.254 e. The van der Waals surface area contributed by atoms with E-state index in [1.807, 2.05) is 13.0 Å². The Balaban J connectivity index is 1.56. The number of aryl methyl sites for hydroxylation is 1. The van der Waals surface area contributed by atoms with Crippen LogP contribution in [0.1, 0.15) is 22.8 Å². The number of halogens is 1. The maximum absolute atomic E-state index is 14.5. The zero-order valence-electron chi connectivity index (χ0n) is 19.5. The molecule has 3 heterocycles. The minimum absolute atomic E-state index is 0.0790. The second-order valence-corrected chi connectivity index (χ2v) is 9.74. The Hall–Kier alpha value is -3.43. The van der Waals surface area contributed by atoms with Crippen LogP contribution in [0.5, 0.6) is 0 Å². The number of carbonyl (C=O) groups is 1. The number of benzene rings is 2. The normalized spacial score (nSPS) is 14.9. The molecule has 1 aliphatic heterocycles. The summed E-state index contributed by atoms with van der Waals surface area (Å²) >= 11 is 0. The number of amides is 1. The number of nitrogens with zero attached hydrogens (tertiary/aromatic N) is 4. The molecule has 0 bridgehead atoms. The molecule has 4 aromatic rings. The first-order valence-electron chi connectivity index (χ1n) is 11.4. The van der Waals surface area contributed by atoms with Gasteiger partial charge in [-0.3, -0.25) is 13.6 Å². The van der Waals surface area contributed by atoms with Gasteiger partial charge in [-0.25, -0.2) is 14.4 Å². The van der Waals surface area contributed by atoms with Gasteiger partial charge >= 0.3 is 0 Å². The third kappa shape index (κ3) is 4.49. The monoisotopic (exact) mass is 492 g/mol. The van der Waals surface area contributed by atoms with Crippen LogP contribution in [0.2, 0.25) is 0 Å². The Bertz CT molecular complexity index is 1430. The molecule has 1 aliphatic rings. The van der Waals surface area contributed by atoms with Crippen LogP contribution >= 0.6 is 0 Å². The van der Waals surface area contributed by atoms with Crippen LogP contribution in [0.15, 0.2) is 59.9 Å². The first kappa shape index (κ1) is 23.3. The molecule has 1 atom stereocenters. The van der Waals surface area contributed by atoms with E-state index in [9.17, 15) is 13.4 Å². The van der Waals surface area contributed by atoms with Crippen molar-refractivity contribution in [3.8, 4) is 17.1 Å². The standard InChI is InChI=1S/C26H25FN4O3S/c1-3-17-4-7-22(27)21(12-17)19-14-28-26(29-15-19)31-16-24(35(2)33)20-6-5-18(13-23(20)31)25(32)30-8-10-34-11-9-30/h4-7,12-16H,3,8-11H2,1-2H3. The number of rotatable bonds is 5. The van der Waals surface area contributed by atoms with Crippen LogP contribution in [0, 0.1) is 5.82 Å². The quantitative estimate of drug-likeness (QED) is 0.421. The molecular formula is C26H25FN4O3S. The summed E-state index contributed by atoms with van der Waals surface area (Å²) in [6.45, 7) is 4.14. The van der Waals surface area contributed by atoms with Crippen molar-refractivity contribution in [2.45, 2.75) is 18.2 Å². The van der Waals surface area contributed by atoms with Crippen LogP contribution in [0.25, 0.3) is 28.0 Å².